The minimum absolute atomic E-state index is 0.264. The molecule has 0 aromatic carbocycles. The van der Waals surface area contributed by atoms with Crippen LogP contribution >= 0.6 is 11.6 Å². The van der Waals surface area contributed by atoms with Gasteiger partial charge in [0.1, 0.15) is 0 Å². The van der Waals surface area contributed by atoms with E-state index in [1.807, 2.05) is 6.92 Å². The van der Waals surface area contributed by atoms with Gasteiger partial charge in [-0.3, -0.25) is 4.68 Å². The van der Waals surface area contributed by atoms with E-state index in [1.165, 1.54) is 31.4 Å². The van der Waals surface area contributed by atoms with E-state index in [-0.39, 0.29) is 5.41 Å². The molecule has 0 aliphatic heterocycles. The summed E-state index contributed by atoms with van der Waals surface area (Å²) in [4.78, 5) is 0. The molecule has 1 aliphatic rings. The number of hydrogen-bond acceptors (Lipinski definition) is 2. The maximum absolute atomic E-state index is 6.47. The third-order valence-corrected chi connectivity index (χ3v) is 4.79. The average molecular weight is 298 g/mol. The zero-order valence-corrected chi connectivity index (χ0v) is 14.1. The molecule has 0 amide bonds. The molecule has 1 fully saturated rings. The summed E-state index contributed by atoms with van der Waals surface area (Å²) < 4.78 is 2.07. The Hall–Kier alpha value is -0.540. The van der Waals surface area contributed by atoms with Gasteiger partial charge in [0.05, 0.1) is 16.4 Å². The van der Waals surface area contributed by atoms with Crippen molar-refractivity contribution in [3.05, 3.63) is 16.4 Å². The van der Waals surface area contributed by atoms with Gasteiger partial charge in [-0.25, -0.2) is 0 Å². The van der Waals surface area contributed by atoms with Crippen molar-refractivity contribution in [2.75, 3.05) is 6.54 Å². The summed E-state index contributed by atoms with van der Waals surface area (Å²) in [6.07, 6.45) is 6.12. The van der Waals surface area contributed by atoms with Gasteiger partial charge in [0, 0.05) is 19.1 Å². The van der Waals surface area contributed by atoms with Crippen molar-refractivity contribution >= 4 is 11.6 Å². The Morgan fingerprint density at radius 1 is 1.40 bits per heavy atom. The van der Waals surface area contributed by atoms with Gasteiger partial charge in [0.15, 0.2) is 0 Å². The number of hydrogen-bond donors (Lipinski definition) is 1. The molecule has 1 aliphatic carbocycles. The number of aromatic nitrogens is 2. The van der Waals surface area contributed by atoms with E-state index >= 15 is 0 Å². The van der Waals surface area contributed by atoms with Crippen LogP contribution < -0.4 is 5.32 Å². The Bertz CT molecular complexity index is 451. The second kappa shape index (κ2) is 6.48. The van der Waals surface area contributed by atoms with Gasteiger partial charge in [0.2, 0.25) is 0 Å². The fourth-order valence-electron chi connectivity index (χ4n) is 2.96. The number of halogens is 1. The smallest absolute Gasteiger partial charge is 0.0847 e. The molecule has 1 saturated carbocycles. The van der Waals surface area contributed by atoms with Crippen LogP contribution in [-0.2, 0) is 13.0 Å². The van der Waals surface area contributed by atoms with Gasteiger partial charge < -0.3 is 5.32 Å². The van der Waals surface area contributed by atoms with E-state index in [1.54, 1.807) is 0 Å². The molecule has 1 unspecified atom stereocenters. The molecular formula is C16H28ClN3. The van der Waals surface area contributed by atoms with Gasteiger partial charge in [-0.05, 0) is 44.9 Å². The SMILES string of the molecule is CCCC(C)(CNC1CC1)Cc1c(Cl)c(C)nn1CC. The van der Waals surface area contributed by atoms with Gasteiger partial charge in [-0.2, -0.15) is 5.10 Å². The fourth-order valence-corrected chi connectivity index (χ4v) is 3.17. The van der Waals surface area contributed by atoms with Gasteiger partial charge in [-0.1, -0.05) is 31.9 Å². The number of rotatable bonds is 8. The summed E-state index contributed by atoms with van der Waals surface area (Å²) in [6, 6.07) is 0.763. The zero-order chi connectivity index (χ0) is 14.8. The first-order valence-electron chi connectivity index (χ1n) is 7.94. The summed E-state index contributed by atoms with van der Waals surface area (Å²) in [7, 11) is 0. The average Bonchev–Trinajstić information content (AvgIpc) is 3.20. The first-order valence-corrected chi connectivity index (χ1v) is 8.32. The van der Waals surface area contributed by atoms with Crippen molar-refractivity contribution in [1.82, 2.24) is 15.1 Å². The fraction of sp³-hybridized carbons (Fsp3) is 0.812. The topological polar surface area (TPSA) is 29.9 Å². The summed E-state index contributed by atoms with van der Waals surface area (Å²) in [5, 5.41) is 9.10. The third kappa shape index (κ3) is 3.76. The second-order valence-corrected chi connectivity index (χ2v) is 6.93. The molecule has 20 heavy (non-hydrogen) atoms. The minimum Gasteiger partial charge on any atom is -0.313 e. The van der Waals surface area contributed by atoms with Crippen molar-refractivity contribution in [2.45, 2.75) is 72.4 Å². The van der Waals surface area contributed by atoms with Gasteiger partial charge in [-0.15, -0.1) is 0 Å². The predicted octanol–water partition coefficient (Wildman–Crippen LogP) is 3.97. The molecule has 0 spiro atoms. The minimum atomic E-state index is 0.264. The maximum atomic E-state index is 6.47. The number of nitrogens with zero attached hydrogens (tertiary/aromatic N) is 2. The lowest BCUT2D eigenvalue weighted by Crippen LogP contribution is -2.35. The van der Waals surface area contributed by atoms with Crippen LogP contribution in [0.1, 0.15) is 57.8 Å². The quantitative estimate of drug-likeness (QED) is 0.787. The highest BCUT2D eigenvalue weighted by Crippen LogP contribution is 2.33. The Morgan fingerprint density at radius 2 is 2.10 bits per heavy atom. The highest BCUT2D eigenvalue weighted by Gasteiger charge is 2.30. The molecule has 1 heterocycles. The number of nitrogens with one attached hydrogen (secondary N) is 1. The van der Waals surface area contributed by atoms with Crippen LogP contribution in [-0.4, -0.2) is 22.4 Å². The first-order chi connectivity index (χ1) is 9.49. The van der Waals surface area contributed by atoms with Crippen LogP contribution in [0.15, 0.2) is 0 Å². The Morgan fingerprint density at radius 3 is 2.65 bits per heavy atom. The highest BCUT2D eigenvalue weighted by molar-refractivity contribution is 6.31. The summed E-state index contributed by atoms with van der Waals surface area (Å²) in [5.74, 6) is 0. The lowest BCUT2D eigenvalue weighted by atomic mass is 9.81. The predicted molar refractivity (Wildman–Crippen MR) is 85.4 cm³/mol. The molecule has 0 saturated heterocycles. The molecular weight excluding hydrogens is 270 g/mol. The molecule has 0 bridgehead atoms. The second-order valence-electron chi connectivity index (χ2n) is 6.55. The van der Waals surface area contributed by atoms with Crippen LogP contribution in [0.4, 0.5) is 0 Å². The Balaban J connectivity index is 2.13. The van der Waals surface area contributed by atoms with Gasteiger partial charge >= 0.3 is 0 Å². The Labute approximate surface area is 128 Å². The van der Waals surface area contributed by atoms with Crippen molar-refractivity contribution in [1.29, 1.82) is 0 Å². The van der Waals surface area contributed by atoms with Crippen LogP contribution in [0.25, 0.3) is 0 Å². The third-order valence-electron chi connectivity index (χ3n) is 4.30. The molecule has 1 aromatic rings. The molecule has 1 aromatic heterocycles. The molecule has 3 nitrogen and oxygen atoms in total. The lowest BCUT2D eigenvalue weighted by Gasteiger charge is -2.30. The first kappa shape index (κ1) is 15.8. The largest absolute Gasteiger partial charge is 0.313 e. The molecule has 1 atom stereocenters. The van der Waals surface area contributed by atoms with E-state index in [2.05, 4.69) is 35.9 Å². The summed E-state index contributed by atoms with van der Waals surface area (Å²) >= 11 is 6.47. The molecule has 0 radical (unpaired) electrons. The Kier molecular flexibility index (Phi) is 5.14. The van der Waals surface area contributed by atoms with E-state index in [0.717, 1.165) is 36.3 Å². The maximum Gasteiger partial charge on any atom is 0.0847 e. The molecule has 1 N–H and O–H groups in total. The van der Waals surface area contributed by atoms with Crippen molar-refractivity contribution in [2.24, 2.45) is 5.41 Å². The highest BCUT2D eigenvalue weighted by atomic mass is 35.5. The van der Waals surface area contributed by atoms with Crippen LogP contribution in [0.2, 0.25) is 5.02 Å². The zero-order valence-electron chi connectivity index (χ0n) is 13.3. The summed E-state index contributed by atoms with van der Waals surface area (Å²) in [5.41, 5.74) is 2.43. The van der Waals surface area contributed by atoms with E-state index in [0.29, 0.717) is 0 Å². The van der Waals surface area contributed by atoms with Crippen molar-refractivity contribution in [3.8, 4) is 0 Å². The van der Waals surface area contributed by atoms with Crippen molar-refractivity contribution in [3.63, 3.8) is 0 Å². The molecule has 4 heteroatoms. The molecule has 2 rings (SSSR count). The van der Waals surface area contributed by atoms with E-state index in [9.17, 15) is 0 Å². The molecule has 114 valence electrons. The lowest BCUT2D eigenvalue weighted by molar-refractivity contribution is 0.267. The standard InChI is InChI=1S/C16H28ClN3/c1-5-9-16(4,11-18-13-7-8-13)10-14-15(17)12(3)19-20(14)6-2/h13,18H,5-11H2,1-4H3. The number of aryl methyl sites for hydroxylation is 2. The van der Waals surface area contributed by atoms with Crippen LogP contribution in [0, 0.1) is 12.3 Å². The van der Waals surface area contributed by atoms with Crippen LogP contribution in [0.3, 0.4) is 0 Å². The monoisotopic (exact) mass is 297 g/mol. The van der Waals surface area contributed by atoms with E-state index < -0.39 is 0 Å². The van der Waals surface area contributed by atoms with Gasteiger partial charge in [0.25, 0.3) is 0 Å². The summed E-state index contributed by atoms with van der Waals surface area (Å²) in [6.45, 7) is 10.7. The normalized spacial score (nSPS) is 18.2. The van der Waals surface area contributed by atoms with Crippen molar-refractivity contribution < 1.29 is 0 Å². The van der Waals surface area contributed by atoms with Crippen LogP contribution in [0.5, 0.6) is 0 Å². The van der Waals surface area contributed by atoms with E-state index in [4.69, 9.17) is 11.6 Å².